The second-order valence-electron chi connectivity index (χ2n) is 1.76. The van der Waals surface area contributed by atoms with Crippen LogP contribution in [-0.4, -0.2) is 28.8 Å². The minimum atomic E-state index is -0.917. The summed E-state index contributed by atoms with van der Waals surface area (Å²) in [4.78, 5) is 27.5. The van der Waals surface area contributed by atoms with Gasteiger partial charge in [0.1, 0.15) is 0 Å². The highest BCUT2D eigenvalue weighted by atomic mass is 16.5. The second kappa shape index (κ2) is 2.96. The topological polar surface area (TPSA) is 72.1 Å². The van der Waals surface area contributed by atoms with E-state index in [1.807, 2.05) is 0 Å². The molecule has 1 aromatic rings. The summed E-state index contributed by atoms with van der Waals surface area (Å²) in [6.45, 7) is 0. The molecule has 1 N–H and O–H groups in total. The lowest BCUT2D eigenvalue weighted by molar-refractivity contribution is -0.135. The van der Waals surface area contributed by atoms with Gasteiger partial charge in [-0.2, -0.15) is 0 Å². The molecule has 0 bridgehead atoms. The molecule has 1 heterocycles. The third-order valence-electron chi connectivity index (χ3n) is 1.08. The number of carbonyl (C=O) groups excluding carboxylic acids is 2. The molecule has 0 aliphatic heterocycles. The Hall–Kier alpha value is -1.65. The predicted octanol–water partition coefficient (Wildman–Crippen LogP) is -0.235. The fraction of sp³-hybridized carbons (Fsp3) is 0.167. The normalized spacial score (nSPS) is 9.18. The van der Waals surface area contributed by atoms with E-state index in [9.17, 15) is 9.59 Å². The predicted molar refractivity (Wildman–Crippen MR) is 34.9 cm³/mol. The average Bonchev–Trinajstić information content (AvgIpc) is 2.53. The maximum absolute atomic E-state index is 10.9. The van der Waals surface area contributed by atoms with Gasteiger partial charge in [0.25, 0.3) is 0 Å². The van der Waals surface area contributed by atoms with Gasteiger partial charge >= 0.3 is 11.8 Å². The van der Waals surface area contributed by atoms with E-state index in [1.165, 1.54) is 12.4 Å². The van der Waals surface area contributed by atoms with E-state index in [-0.39, 0.29) is 5.82 Å². The van der Waals surface area contributed by atoms with Gasteiger partial charge in [-0.1, -0.05) is 0 Å². The van der Waals surface area contributed by atoms with Crippen LogP contribution in [0.3, 0.4) is 0 Å². The first kappa shape index (κ1) is 7.46. The molecule has 0 amide bonds. The lowest BCUT2D eigenvalue weighted by Crippen LogP contribution is -2.16. The van der Waals surface area contributed by atoms with Crippen LogP contribution in [0.4, 0.5) is 0 Å². The molecule has 5 nitrogen and oxygen atoms in total. The summed E-state index contributed by atoms with van der Waals surface area (Å²) < 4.78 is 4.19. The van der Waals surface area contributed by atoms with Gasteiger partial charge in [-0.25, -0.2) is 9.78 Å². The Balaban J connectivity index is 2.79. The van der Waals surface area contributed by atoms with Gasteiger partial charge in [-0.3, -0.25) is 4.79 Å². The number of nitrogens with one attached hydrogen (secondary N) is 1. The highest BCUT2D eigenvalue weighted by Crippen LogP contribution is 1.91. The Morgan fingerprint density at radius 3 is 2.82 bits per heavy atom. The quantitative estimate of drug-likeness (QED) is 0.362. The molecule has 0 radical (unpaired) electrons. The molecule has 0 saturated heterocycles. The molecule has 1 aromatic heterocycles. The third kappa shape index (κ3) is 1.43. The van der Waals surface area contributed by atoms with Gasteiger partial charge in [0.15, 0.2) is 5.82 Å². The van der Waals surface area contributed by atoms with Crippen molar-refractivity contribution in [2.24, 2.45) is 0 Å². The smallest absolute Gasteiger partial charge is 0.382 e. The number of ketones is 1. The van der Waals surface area contributed by atoms with Crippen LogP contribution < -0.4 is 0 Å². The van der Waals surface area contributed by atoms with E-state index < -0.39 is 11.8 Å². The van der Waals surface area contributed by atoms with E-state index in [4.69, 9.17) is 0 Å². The summed E-state index contributed by atoms with van der Waals surface area (Å²) in [5.41, 5.74) is 0. The van der Waals surface area contributed by atoms with Crippen LogP contribution in [0.5, 0.6) is 0 Å². The number of methoxy groups -OCH3 is 1. The minimum absolute atomic E-state index is 0.00292. The second-order valence-corrected chi connectivity index (χ2v) is 1.76. The molecule has 0 unspecified atom stereocenters. The Morgan fingerprint density at radius 2 is 2.36 bits per heavy atom. The number of rotatable bonds is 2. The van der Waals surface area contributed by atoms with Crippen molar-refractivity contribution in [3.63, 3.8) is 0 Å². The van der Waals surface area contributed by atoms with Gasteiger partial charge < -0.3 is 9.72 Å². The van der Waals surface area contributed by atoms with Crippen LogP contribution in [0.1, 0.15) is 10.6 Å². The fourth-order valence-electron chi connectivity index (χ4n) is 0.579. The van der Waals surface area contributed by atoms with Gasteiger partial charge in [-0.15, -0.1) is 0 Å². The van der Waals surface area contributed by atoms with Crippen molar-refractivity contribution in [2.75, 3.05) is 7.11 Å². The number of esters is 1. The third-order valence-corrected chi connectivity index (χ3v) is 1.08. The Morgan fingerprint density at radius 1 is 1.64 bits per heavy atom. The van der Waals surface area contributed by atoms with E-state index >= 15 is 0 Å². The maximum atomic E-state index is 10.9. The molecule has 0 aromatic carbocycles. The Kier molecular flexibility index (Phi) is 2.00. The van der Waals surface area contributed by atoms with E-state index in [2.05, 4.69) is 14.7 Å². The number of nitrogens with zero attached hydrogens (tertiary/aromatic N) is 1. The van der Waals surface area contributed by atoms with Crippen LogP contribution in [0.2, 0.25) is 0 Å². The Bertz CT molecular complexity index is 265. The first-order valence-corrected chi connectivity index (χ1v) is 2.87. The number of hydrogen-bond donors (Lipinski definition) is 1. The van der Waals surface area contributed by atoms with Crippen LogP contribution >= 0.6 is 0 Å². The SMILES string of the molecule is COC(=O)C(=O)c1ncc[nH]1. The van der Waals surface area contributed by atoms with Crippen molar-refractivity contribution < 1.29 is 14.3 Å². The first-order valence-electron chi connectivity index (χ1n) is 2.87. The maximum Gasteiger partial charge on any atom is 0.382 e. The van der Waals surface area contributed by atoms with E-state index in [0.717, 1.165) is 7.11 Å². The lowest BCUT2D eigenvalue weighted by Gasteiger charge is -1.92. The lowest BCUT2D eigenvalue weighted by atomic mass is 10.4. The number of imidazole rings is 1. The van der Waals surface area contributed by atoms with Crippen molar-refractivity contribution in [2.45, 2.75) is 0 Å². The molecule has 5 heteroatoms. The number of Topliss-reactive ketones (excluding diaryl/α,β-unsaturated/α-hetero) is 1. The molecule has 0 saturated carbocycles. The van der Waals surface area contributed by atoms with E-state index in [1.54, 1.807) is 0 Å². The fourth-order valence-corrected chi connectivity index (χ4v) is 0.579. The summed E-state index contributed by atoms with van der Waals surface area (Å²) in [7, 11) is 1.14. The van der Waals surface area contributed by atoms with Crippen LogP contribution in [0.15, 0.2) is 12.4 Å². The summed E-state index contributed by atoms with van der Waals surface area (Å²) in [6.07, 6.45) is 2.84. The van der Waals surface area contributed by atoms with Gasteiger partial charge in [0.05, 0.1) is 7.11 Å². The number of hydrogen-bond acceptors (Lipinski definition) is 4. The van der Waals surface area contributed by atoms with Crippen LogP contribution in [0.25, 0.3) is 0 Å². The molecular formula is C6H6N2O3. The van der Waals surface area contributed by atoms with Crippen molar-refractivity contribution in [1.29, 1.82) is 0 Å². The molecule has 0 spiro atoms. The highest BCUT2D eigenvalue weighted by Gasteiger charge is 2.18. The first-order chi connectivity index (χ1) is 5.25. The molecule has 0 aliphatic rings. The minimum Gasteiger partial charge on any atom is -0.463 e. The molecule has 11 heavy (non-hydrogen) atoms. The number of carbonyl (C=O) groups is 2. The number of ether oxygens (including phenoxy) is 1. The summed E-state index contributed by atoms with van der Waals surface area (Å²) in [6, 6.07) is 0. The average molecular weight is 154 g/mol. The van der Waals surface area contributed by atoms with Crippen molar-refractivity contribution in [3.8, 4) is 0 Å². The number of H-pyrrole nitrogens is 1. The Labute approximate surface area is 62.4 Å². The monoisotopic (exact) mass is 154 g/mol. The molecule has 1 rings (SSSR count). The zero-order valence-corrected chi connectivity index (χ0v) is 5.83. The van der Waals surface area contributed by atoms with Crippen molar-refractivity contribution >= 4 is 11.8 Å². The number of aromatic amines is 1. The summed E-state index contributed by atoms with van der Waals surface area (Å²) in [5.74, 6) is -1.69. The van der Waals surface area contributed by atoms with Crippen LogP contribution in [-0.2, 0) is 9.53 Å². The molecular weight excluding hydrogens is 148 g/mol. The van der Waals surface area contributed by atoms with Crippen molar-refractivity contribution in [1.82, 2.24) is 9.97 Å². The van der Waals surface area contributed by atoms with Gasteiger partial charge in [-0.05, 0) is 0 Å². The van der Waals surface area contributed by atoms with Gasteiger partial charge in [0.2, 0.25) is 0 Å². The molecule has 58 valence electrons. The zero-order chi connectivity index (χ0) is 8.27. The molecule has 0 fully saturated rings. The van der Waals surface area contributed by atoms with Crippen molar-refractivity contribution in [3.05, 3.63) is 18.2 Å². The van der Waals surface area contributed by atoms with Crippen LogP contribution in [0, 0.1) is 0 Å². The van der Waals surface area contributed by atoms with E-state index in [0.29, 0.717) is 0 Å². The summed E-state index contributed by atoms with van der Waals surface area (Å²) in [5, 5.41) is 0. The number of aromatic nitrogens is 2. The summed E-state index contributed by atoms with van der Waals surface area (Å²) >= 11 is 0. The molecule has 0 atom stereocenters. The highest BCUT2D eigenvalue weighted by molar-refractivity contribution is 6.39. The standard InChI is InChI=1S/C6H6N2O3/c1-11-6(10)4(9)5-7-2-3-8-5/h2-3H,1H3,(H,7,8). The largest absolute Gasteiger partial charge is 0.463 e. The molecule has 0 aliphatic carbocycles. The zero-order valence-electron chi connectivity index (χ0n) is 5.83. The van der Waals surface area contributed by atoms with Gasteiger partial charge in [0, 0.05) is 12.4 Å².